The van der Waals surface area contributed by atoms with Gasteiger partial charge in [0, 0.05) is 5.41 Å². The van der Waals surface area contributed by atoms with Gasteiger partial charge in [-0.3, -0.25) is 0 Å². The van der Waals surface area contributed by atoms with E-state index in [9.17, 15) is 5.11 Å². The molecular formula is C18H24O2. The number of allylic oxidation sites excluding steroid dienone is 1. The summed E-state index contributed by atoms with van der Waals surface area (Å²) in [5.41, 5.74) is 1.46. The molecule has 0 amide bonds. The van der Waals surface area contributed by atoms with Crippen LogP contribution in [0.4, 0.5) is 0 Å². The van der Waals surface area contributed by atoms with Crippen molar-refractivity contribution in [1.82, 2.24) is 0 Å². The Morgan fingerprint density at radius 3 is 2.60 bits per heavy atom. The molecule has 3 rings (SSSR count). The molecule has 1 aromatic rings. The van der Waals surface area contributed by atoms with Crippen LogP contribution in [0.5, 0.6) is 5.75 Å². The lowest BCUT2D eigenvalue weighted by Gasteiger charge is -2.51. The quantitative estimate of drug-likeness (QED) is 0.822. The standard InChI is InChI=1S/C18H24O2/c19-12-4-9-17-14-5-2-10-18(17,11-3-6-14)15-7-1-8-16(20)13-15/h1,4,7-9,13-14,17,19-20H,2-3,5-6,10-12H2/b9-4+/t14?,17-,18?/m0/s1. The number of rotatable bonds is 3. The van der Waals surface area contributed by atoms with Crippen LogP contribution in [-0.2, 0) is 5.41 Å². The Bertz CT molecular complexity index is 482. The van der Waals surface area contributed by atoms with Crippen LogP contribution < -0.4 is 0 Å². The molecule has 2 aliphatic carbocycles. The van der Waals surface area contributed by atoms with E-state index in [2.05, 4.69) is 12.1 Å². The molecule has 2 N–H and O–H groups in total. The molecule has 2 heteroatoms. The summed E-state index contributed by atoms with van der Waals surface area (Å²) in [6, 6.07) is 7.84. The van der Waals surface area contributed by atoms with Crippen molar-refractivity contribution >= 4 is 0 Å². The van der Waals surface area contributed by atoms with Gasteiger partial charge in [0.25, 0.3) is 0 Å². The van der Waals surface area contributed by atoms with Gasteiger partial charge >= 0.3 is 0 Å². The van der Waals surface area contributed by atoms with E-state index in [-0.39, 0.29) is 12.0 Å². The number of fused-ring (bicyclic) bond motifs is 2. The topological polar surface area (TPSA) is 40.5 Å². The molecule has 1 aromatic carbocycles. The first-order valence-electron chi connectivity index (χ1n) is 7.83. The number of benzene rings is 1. The van der Waals surface area contributed by atoms with Crippen LogP contribution in [0, 0.1) is 11.8 Å². The molecule has 2 fully saturated rings. The monoisotopic (exact) mass is 272 g/mol. The third-order valence-corrected chi connectivity index (χ3v) is 5.41. The average Bonchev–Trinajstić information content (AvgIpc) is 2.44. The Hall–Kier alpha value is -1.28. The van der Waals surface area contributed by atoms with Gasteiger partial charge in [-0.2, -0.15) is 0 Å². The van der Waals surface area contributed by atoms with E-state index >= 15 is 0 Å². The lowest BCUT2D eigenvalue weighted by Crippen LogP contribution is -2.45. The van der Waals surface area contributed by atoms with Gasteiger partial charge in [0.05, 0.1) is 6.61 Å². The van der Waals surface area contributed by atoms with E-state index in [0.29, 0.717) is 11.7 Å². The maximum atomic E-state index is 9.84. The minimum absolute atomic E-state index is 0.124. The summed E-state index contributed by atoms with van der Waals surface area (Å²) in [5, 5.41) is 19.0. The third kappa shape index (κ3) is 2.26. The van der Waals surface area contributed by atoms with Crippen LogP contribution in [0.3, 0.4) is 0 Å². The smallest absolute Gasteiger partial charge is 0.115 e. The van der Waals surface area contributed by atoms with Gasteiger partial charge in [0.1, 0.15) is 5.75 Å². The fraction of sp³-hybridized carbons (Fsp3) is 0.556. The van der Waals surface area contributed by atoms with Crippen LogP contribution >= 0.6 is 0 Å². The molecule has 2 nitrogen and oxygen atoms in total. The number of phenols is 1. The number of phenolic OH excluding ortho intramolecular Hbond substituents is 1. The van der Waals surface area contributed by atoms with Gasteiger partial charge < -0.3 is 10.2 Å². The molecule has 0 radical (unpaired) electrons. The molecular weight excluding hydrogens is 248 g/mol. The van der Waals surface area contributed by atoms with Crippen LogP contribution in [0.25, 0.3) is 0 Å². The van der Waals surface area contributed by atoms with Crippen molar-refractivity contribution in [2.24, 2.45) is 11.8 Å². The predicted molar refractivity (Wildman–Crippen MR) is 80.7 cm³/mol. The molecule has 0 aromatic heterocycles. The highest BCUT2D eigenvalue weighted by Crippen LogP contribution is 2.55. The van der Waals surface area contributed by atoms with E-state index in [0.717, 1.165) is 5.92 Å². The Labute approximate surface area is 121 Å². The molecule has 0 spiro atoms. The first kappa shape index (κ1) is 13.7. The summed E-state index contributed by atoms with van der Waals surface area (Å²) in [6.07, 6.45) is 11.7. The summed E-state index contributed by atoms with van der Waals surface area (Å²) in [6.45, 7) is 0.124. The molecule has 0 heterocycles. The van der Waals surface area contributed by atoms with E-state index in [4.69, 9.17) is 5.11 Å². The highest BCUT2D eigenvalue weighted by molar-refractivity contribution is 5.36. The molecule has 1 atom stereocenters. The lowest BCUT2D eigenvalue weighted by molar-refractivity contribution is 0.0892. The van der Waals surface area contributed by atoms with Crippen molar-refractivity contribution in [1.29, 1.82) is 0 Å². The Morgan fingerprint density at radius 2 is 1.95 bits per heavy atom. The second kappa shape index (κ2) is 5.61. The molecule has 0 saturated heterocycles. The number of hydrogen-bond donors (Lipinski definition) is 2. The van der Waals surface area contributed by atoms with Crippen LogP contribution in [-0.4, -0.2) is 16.8 Å². The fourth-order valence-corrected chi connectivity index (χ4v) is 4.62. The predicted octanol–water partition coefficient (Wildman–Crippen LogP) is 3.78. The summed E-state index contributed by atoms with van der Waals surface area (Å²) in [4.78, 5) is 0. The number of aliphatic hydroxyl groups is 1. The maximum Gasteiger partial charge on any atom is 0.115 e. The molecule has 2 aliphatic rings. The highest BCUT2D eigenvalue weighted by atomic mass is 16.3. The second-order valence-corrected chi connectivity index (χ2v) is 6.39. The van der Waals surface area contributed by atoms with E-state index in [1.165, 1.54) is 44.1 Å². The van der Waals surface area contributed by atoms with E-state index in [1.54, 1.807) is 6.07 Å². The Balaban J connectivity index is 2.03. The maximum absolute atomic E-state index is 9.84. The number of aromatic hydroxyl groups is 1. The minimum atomic E-state index is 0.124. The first-order chi connectivity index (χ1) is 9.76. The van der Waals surface area contributed by atoms with Crippen LogP contribution in [0.1, 0.15) is 44.1 Å². The second-order valence-electron chi connectivity index (χ2n) is 6.39. The zero-order chi connectivity index (χ0) is 14.0. The Kier molecular flexibility index (Phi) is 3.84. The normalized spacial score (nSPS) is 33.5. The van der Waals surface area contributed by atoms with Crippen molar-refractivity contribution in [2.75, 3.05) is 6.61 Å². The van der Waals surface area contributed by atoms with Crippen molar-refractivity contribution < 1.29 is 10.2 Å². The van der Waals surface area contributed by atoms with E-state index < -0.39 is 0 Å². The largest absolute Gasteiger partial charge is 0.508 e. The zero-order valence-electron chi connectivity index (χ0n) is 12.0. The first-order valence-corrected chi connectivity index (χ1v) is 7.83. The average molecular weight is 272 g/mol. The van der Waals surface area contributed by atoms with Gasteiger partial charge in [-0.1, -0.05) is 37.1 Å². The van der Waals surface area contributed by atoms with Crippen LogP contribution in [0.2, 0.25) is 0 Å². The van der Waals surface area contributed by atoms with Gasteiger partial charge in [0.15, 0.2) is 0 Å². The highest BCUT2D eigenvalue weighted by Gasteiger charge is 2.47. The van der Waals surface area contributed by atoms with Gasteiger partial charge in [-0.25, -0.2) is 0 Å². The lowest BCUT2D eigenvalue weighted by atomic mass is 9.53. The molecule has 2 saturated carbocycles. The molecule has 2 bridgehead atoms. The summed E-state index contributed by atoms with van der Waals surface area (Å²) < 4.78 is 0. The van der Waals surface area contributed by atoms with Gasteiger partial charge in [-0.15, -0.1) is 0 Å². The van der Waals surface area contributed by atoms with Crippen molar-refractivity contribution in [2.45, 2.75) is 43.9 Å². The van der Waals surface area contributed by atoms with Crippen LogP contribution in [0.15, 0.2) is 36.4 Å². The minimum Gasteiger partial charge on any atom is -0.508 e. The summed E-state index contributed by atoms with van der Waals surface area (Å²) in [5.74, 6) is 1.62. The zero-order valence-corrected chi connectivity index (χ0v) is 12.0. The van der Waals surface area contributed by atoms with Gasteiger partial charge in [-0.05, 0) is 55.2 Å². The fourth-order valence-electron chi connectivity index (χ4n) is 4.62. The van der Waals surface area contributed by atoms with Crippen molar-refractivity contribution in [3.8, 4) is 5.75 Å². The van der Waals surface area contributed by atoms with Gasteiger partial charge in [0.2, 0.25) is 0 Å². The molecule has 20 heavy (non-hydrogen) atoms. The summed E-state index contributed by atoms with van der Waals surface area (Å²) >= 11 is 0. The summed E-state index contributed by atoms with van der Waals surface area (Å²) in [7, 11) is 0. The van der Waals surface area contributed by atoms with E-state index in [1.807, 2.05) is 18.2 Å². The molecule has 108 valence electrons. The van der Waals surface area contributed by atoms with Crippen molar-refractivity contribution in [3.05, 3.63) is 42.0 Å². The number of aliphatic hydroxyl groups excluding tert-OH is 1. The third-order valence-electron chi connectivity index (χ3n) is 5.41. The Morgan fingerprint density at radius 1 is 1.20 bits per heavy atom. The SMILES string of the molecule is OC/C=C/[C@H]1C2CCCC1(c1cccc(O)c1)CCC2. The molecule has 0 aliphatic heterocycles. The number of hydrogen-bond acceptors (Lipinski definition) is 2. The molecule has 0 unspecified atom stereocenters. The van der Waals surface area contributed by atoms with Crippen molar-refractivity contribution in [3.63, 3.8) is 0 Å².